The Labute approximate surface area is 102 Å². The molecule has 17 heavy (non-hydrogen) atoms. The Morgan fingerprint density at radius 3 is 2.71 bits per heavy atom. The van der Waals surface area contributed by atoms with Crippen molar-refractivity contribution in [2.75, 3.05) is 0 Å². The van der Waals surface area contributed by atoms with Crippen molar-refractivity contribution in [1.82, 2.24) is 4.57 Å². The van der Waals surface area contributed by atoms with Gasteiger partial charge in [-0.05, 0) is 25.5 Å². The van der Waals surface area contributed by atoms with Gasteiger partial charge in [-0.15, -0.1) is 0 Å². The third kappa shape index (κ3) is 2.41. The molecule has 0 fully saturated rings. The highest BCUT2D eigenvalue weighted by molar-refractivity contribution is 5.79. The van der Waals surface area contributed by atoms with Gasteiger partial charge in [0.25, 0.3) is 0 Å². The summed E-state index contributed by atoms with van der Waals surface area (Å²) < 4.78 is 2.21. The molecule has 0 unspecified atom stereocenters. The minimum absolute atomic E-state index is 0.160. The second kappa shape index (κ2) is 5.17. The quantitative estimate of drug-likeness (QED) is 0.735. The first-order valence-electron chi connectivity index (χ1n) is 6.33. The fourth-order valence-electron chi connectivity index (χ4n) is 2.21. The molecule has 0 aliphatic carbocycles. The van der Waals surface area contributed by atoms with Crippen molar-refractivity contribution in [2.24, 2.45) is 0 Å². The van der Waals surface area contributed by atoms with Crippen LogP contribution in [0.4, 0.5) is 0 Å². The molecule has 0 saturated heterocycles. The van der Waals surface area contributed by atoms with Crippen LogP contribution in [0.2, 0.25) is 0 Å². The van der Waals surface area contributed by atoms with Crippen molar-refractivity contribution < 1.29 is 0 Å². The Bertz CT molecular complexity index is 569. The van der Waals surface area contributed by atoms with E-state index < -0.39 is 0 Å². The fraction of sp³-hybridized carbons (Fsp3) is 0.400. The lowest BCUT2D eigenvalue weighted by molar-refractivity contribution is 0.612. The molecule has 1 heterocycles. The number of aromatic nitrogens is 1. The number of unbranched alkanes of at least 4 members (excludes halogenated alkanes) is 2. The molecule has 2 aromatic rings. The van der Waals surface area contributed by atoms with Crippen LogP contribution in [-0.2, 0) is 6.54 Å². The largest absolute Gasteiger partial charge is 0.347 e. The van der Waals surface area contributed by atoms with Gasteiger partial charge < -0.3 is 4.57 Å². The van der Waals surface area contributed by atoms with Crippen LogP contribution < -0.4 is 5.43 Å². The Kier molecular flexibility index (Phi) is 3.62. The molecule has 0 saturated carbocycles. The summed E-state index contributed by atoms with van der Waals surface area (Å²) in [5.41, 5.74) is 2.05. The average molecular weight is 229 g/mol. The summed E-state index contributed by atoms with van der Waals surface area (Å²) in [5.74, 6) is 0. The summed E-state index contributed by atoms with van der Waals surface area (Å²) in [7, 11) is 0. The van der Waals surface area contributed by atoms with E-state index in [9.17, 15) is 4.79 Å². The zero-order valence-electron chi connectivity index (χ0n) is 10.6. The van der Waals surface area contributed by atoms with Crippen LogP contribution in [0.5, 0.6) is 0 Å². The van der Waals surface area contributed by atoms with Gasteiger partial charge in [0.15, 0.2) is 5.43 Å². The zero-order valence-corrected chi connectivity index (χ0v) is 10.6. The Balaban J connectivity index is 2.48. The topological polar surface area (TPSA) is 22.0 Å². The molecular weight excluding hydrogens is 210 g/mol. The van der Waals surface area contributed by atoms with Crippen LogP contribution in [0.3, 0.4) is 0 Å². The third-order valence-electron chi connectivity index (χ3n) is 3.17. The van der Waals surface area contributed by atoms with Crippen LogP contribution >= 0.6 is 0 Å². The first-order chi connectivity index (χ1) is 8.24. The van der Waals surface area contributed by atoms with Gasteiger partial charge in [-0.25, -0.2) is 0 Å². The van der Waals surface area contributed by atoms with Gasteiger partial charge in [-0.1, -0.05) is 31.9 Å². The number of benzene rings is 1. The van der Waals surface area contributed by atoms with Crippen LogP contribution in [0.15, 0.2) is 35.3 Å². The Morgan fingerprint density at radius 2 is 1.94 bits per heavy atom. The highest BCUT2D eigenvalue weighted by atomic mass is 16.1. The maximum Gasteiger partial charge on any atom is 0.192 e. The van der Waals surface area contributed by atoms with E-state index in [0.29, 0.717) is 0 Å². The van der Waals surface area contributed by atoms with Crippen molar-refractivity contribution in [2.45, 2.75) is 39.7 Å². The molecule has 0 amide bonds. The highest BCUT2D eigenvalue weighted by Crippen LogP contribution is 2.12. The van der Waals surface area contributed by atoms with Crippen molar-refractivity contribution in [1.29, 1.82) is 0 Å². The van der Waals surface area contributed by atoms with Crippen molar-refractivity contribution in [3.8, 4) is 0 Å². The van der Waals surface area contributed by atoms with Gasteiger partial charge >= 0.3 is 0 Å². The SMILES string of the molecule is CCCCCn1cc(C)c(=O)c2ccccc21. The number of para-hydroxylation sites is 1. The van der Waals surface area contributed by atoms with E-state index in [-0.39, 0.29) is 5.43 Å². The van der Waals surface area contributed by atoms with E-state index in [1.54, 1.807) is 0 Å². The van der Waals surface area contributed by atoms with E-state index in [0.717, 1.165) is 23.0 Å². The number of fused-ring (bicyclic) bond motifs is 1. The lowest BCUT2D eigenvalue weighted by atomic mass is 10.1. The van der Waals surface area contributed by atoms with Crippen molar-refractivity contribution in [3.63, 3.8) is 0 Å². The molecule has 0 aliphatic rings. The summed E-state index contributed by atoms with van der Waals surface area (Å²) in [6, 6.07) is 7.87. The van der Waals surface area contributed by atoms with E-state index >= 15 is 0 Å². The van der Waals surface area contributed by atoms with Crippen LogP contribution in [0, 0.1) is 6.92 Å². The van der Waals surface area contributed by atoms with E-state index in [1.165, 1.54) is 19.3 Å². The first kappa shape index (κ1) is 11.9. The Morgan fingerprint density at radius 1 is 1.18 bits per heavy atom. The Hall–Kier alpha value is -1.57. The van der Waals surface area contributed by atoms with Crippen LogP contribution in [-0.4, -0.2) is 4.57 Å². The number of hydrogen-bond acceptors (Lipinski definition) is 1. The zero-order chi connectivity index (χ0) is 12.3. The predicted molar refractivity (Wildman–Crippen MR) is 72.5 cm³/mol. The summed E-state index contributed by atoms with van der Waals surface area (Å²) in [5, 5.41) is 0.837. The van der Waals surface area contributed by atoms with Gasteiger partial charge in [0.1, 0.15) is 0 Å². The summed E-state index contributed by atoms with van der Waals surface area (Å²) in [4.78, 5) is 12.0. The number of pyridine rings is 1. The first-order valence-corrected chi connectivity index (χ1v) is 6.33. The minimum atomic E-state index is 0.160. The summed E-state index contributed by atoms with van der Waals surface area (Å²) >= 11 is 0. The molecule has 0 radical (unpaired) electrons. The number of rotatable bonds is 4. The smallest absolute Gasteiger partial charge is 0.192 e. The maximum atomic E-state index is 12.0. The molecule has 90 valence electrons. The van der Waals surface area contributed by atoms with E-state index in [2.05, 4.69) is 11.5 Å². The molecule has 2 nitrogen and oxygen atoms in total. The van der Waals surface area contributed by atoms with Gasteiger partial charge in [-0.2, -0.15) is 0 Å². The summed E-state index contributed by atoms with van der Waals surface area (Å²) in [6.07, 6.45) is 5.61. The molecule has 1 aromatic carbocycles. The predicted octanol–water partition coefficient (Wildman–Crippen LogP) is 3.50. The minimum Gasteiger partial charge on any atom is -0.347 e. The van der Waals surface area contributed by atoms with Gasteiger partial charge in [0.2, 0.25) is 0 Å². The molecule has 0 bridgehead atoms. The van der Waals surface area contributed by atoms with E-state index in [1.807, 2.05) is 37.4 Å². The molecule has 1 aromatic heterocycles. The van der Waals surface area contributed by atoms with Gasteiger partial charge in [-0.3, -0.25) is 4.79 Å². The molecule has 0 spiro atoms. The molecule has 0 N–H and O–H groups in total. The molecule has 2 rings (SSSR count). The van der Waals surface area contributed by atoms with Gasteiger partial charge in [0.05, 0.1) is 5.52 Å². The lowest BCUT2D eigenvalue weighted by Gasteiger charge is -2.11. The van der Waals surface area contributed by atoms with Crippen molar-refractivity contribution in [3.05, 3.63) is 46.2 Å². The van der Waals surface area contributed by atoms with Gasteiger partial charge in [0, 0.05) is 23.7 Å². The van der Waals surface area contributed by atoms with Crippen LogP contribution in [0.25, 0.3) is 10.9 Å². The number of hydrogen-bond donors (Lipinski definition) is 0. The molecule has 0 atom stereocenters. The highest BCUT2D eigenvalue weighted by Gasteiger charge is 2.04. The lowest BCUT2D eigenvalue weighted by Crippen LogP contribution is -2.12. The van der Waals surface area contributed by atoms with E-state index in [4.69, 9.17) is 0 Å². The second-order valence-corrected chi connectivity index (χ2v) is 4.56. The normalized spacial score (nSPS) is 10.9. The molecule has 0 aliphatic heterocycles. The molecule has 2 heteroatoms. The van der Waals surface area contributed by atoms with Crippen LogP contribution in [0.1, 0.15) is 31.7 Å². The average Bonchev–Trinajstić information content (AvgIpc) is 2.36. The molecular formula is C15H19NO. The standard InChI is InChI=1S/C15H19NO/c1-3-4-7-10-16-11-12(2)15(17)13-8-5-6-9-14(13)16/h5-6,8-9,11H,3-4,7,10H2,1-2H3. The maximum absolute atomic E-state index is 12.0. The third-order valence-corrected chi connectivity index (χ3v) is 3.17. The second-order valence-electron chi connectivity index (χ2n) is 4.56. The summed E-state index contributed by atoms with van der Waals surface area (Å²) in [6.45, 7) is 5.09. The number of aryl methyl sites for hydroxylation is 2. The monoisotopic (exact) mass is 229 g/mol. The fourth-order valence-corrected chi connectivity index (χ4v) is 2.21. The number of nitrogens with zero attached hydrogens (tertiary/aromatic N) is 1. The van der Waals surface area contributed by atoms with Crippen molar-refractivity contribution >= 4 is 10.9 Å².